The van der Waals surface area contributed by atoms with Gasteiger partial charge in [0.2, 0.25) is 0 Å². The van der Waals surface area contributed by atoms with Gasteiger partial charge in [0.05, 0.1) is 6.61 Å². The lowest BCUT2D eigenvalue weighted by atomic mass is 10.0. The summed E-state index contributed by atoms with van der Waals surface area (Å²) in [5.41, 5.74) is 1.99. The average molecular weight is 254 g/mol. The van der Waals surface area contributed by atoms with Gasteiger partial charge in [-0.05, 0) is 33.1 Å². The van der Waals surface area contributed by atoms with Crippen molar-refractivity contribution in [2.45, 2.75) is 79.1 Å². The molecule has 0 N–H and O–H groups in total. The summed E-state index contributed by atoms with van der Waals surface area (Å²) in [7, 11) is 0. The van der Waals surface area contributed by atoms with Crippen molar-refractivity contribution in [2.24, 2.45) is 0 Å². The molecule has 0 bridgehead atoms. The van der Waals surface area contributed by atoms with Crippen molar-refractivity contribution in [3.63, 3.8) is 0 Å². The Hall–Kier alpha value is -0.790. The molecule has 18 heavy (non-hydrogen) atoms. The minimum absolute atomic E-state index is 0.106. The summed E-state index contributed by atoms with van der Waals surface area (Å²) in [6.07, 6.45) is 9.30. The van der Waals surface area contributed by atoms with E-state index in [1.54, 1.807) is 0 Å². The highest BCUT2D eigenvalue weighted by Gasteiger charge is 2.11. The molecule has 0 saturated carbocycles. The summed E-state index contributed by atoms with van der Waals surface area (Å²) in [5, 5.41) is 0. The third-order valence-electron chi connectivity index (χ3n) is 3.07. The van der Waals surface area contributed by atoms with Gasteiger partial charge in [-0.25, -0.2) is 4.79 Å². The van der Waals surface area contributed by atoms with E-state index in [4.69, 9.17) is 4.74 Å². The standard InChI is InChI=1S/C16H30O2/c1-5-7-8-9-10-11-12-15(14(3)4)16(17)18-13-6-2/h5-13H2,1-4H3. The first kappa shape index (κ1) is 17.2. The van der Waals surface area contributed by atoms with E-state index >= 15 is 0 Å². The molecule has 0 radical (unpaired) electrons. The summed E-state index contributed by atoms with van der Waals surface area (Å²) in [4.78, 5) is 11.8. The molecule has 0 heterocycles. The number of unbranched alkanes of at least 4 members (excludes halogenated alkanes) is 5. The summed E-state index contributed by atoms with van der Waals surface area (Å²) >= 11 is 0. The van der Waals surface area contributed by atoms with E-state index in [0.29, 0.717) is 6.61 Å². The van der Waals surface area contributed by atoms with Gasteiger partial charge in [0.15, 0.2) is 0 Å². The summed E-state index contributed by atoms with van der Waals surface area (Å²) < 4.78 is 5.21. The average Bonchev–Trinajstić information content (AvgIpc) is 2.34. The van der Waals surface area contributed by atoms with E-state index in [9.17, 15) is 4.79 Å². The first-order valence-electron chi connectivity index (χ1n) is 7.46. The number of ether oxygens (including phenoxy) is 1. The smallest absolute Gasteiger partial charge is 0.333 e. The highest BCUT2D eigenvalue weighted by atomic mass is 16.5. The first-order chi connectivity index (χ1) is 8.63. The van der Waals surface area contributed by atoms with Crippen molar-refractivity contribution in [2.75, 3.05) is 6.61 Å². The second kappa shape index (κ2) is 11.3. The van der Waals surface area contributed by atoms with Gasteiger partial charge in [-0.3, -0.25) is 0 Å². The van der Waals surface area contributed by atoms with E-state index in [0.717, 1.165) is 30.4 Å². The number of allylic oxidation sites excluding steroid dienone is 1. The van der Waals surface area contributed by atoms with Gasteiger partial charge in [-0.1, -0.05) is 51.5 Å². The molecule has 0 amide bonds. The Morgan fingerprint density at radius 1 is 0.889 bits per heavy atom. The third kappa shape index (κ3) is 8.32. The van der Waals surface area contributed by atoms with Crippen molar-refractivity contribution in [3.05, 3.63) is 11.1 Å². The fourth-order valence-electron chi connectivity index (χ4n) is 1.92. The van der Waals surface area contributed by atoms with E-state index in [1.165, 1.54) is 32.1 Å². The Kier molecular flexibility index (Phi) is 10.8. The molecular weight excluding hydrogens is 224 g/mol. The predicted molar refractivity (Wildman–Crippen MR) is 77.6 cm³/mol. The highest BCUT2D eigenvalue weighted by Crippen LogP contribution is 2.16. The van der Waals surface area contributed by atoms with Crippen molar-refractivity contribution in [3.8, 4) is 0 Å². The minimum atomic E-state index is -0.106. The van der Waals surface area contributed by atoms with Crippen molar-refractivity contribution in [1.29, 1.82) is 0 Å². The van der Waals surface area contributed by atoms with E-state index < -0.39 is 0 Å². The lowest BCUT2D eigenvalue weighted by Crippen LogP contribution is -2.10. The molecule has 2 nitrogen and oxygen atoms in total. The summed E-state index contributed by atoms with van der Waals surface area (Å²) in [6.45, 7) is 8.78. The Balaban J connectivity index is 3.93. The van der Waals surface area contributed by atoms with Crippen LogP contribution in [-0.2, 0) is 9.53 Å². The van der Waals surface area contributed by atoms with Crippen molar-refractivity contribution < 1.29 is 9.53 Å². The summed E-state index contributed by atoms with van der Waals surface area (Å²) in [5.74, 6) is -0.106. The van der Waals surface area contributed by atoms with Gasteiger partial charge in [0.25, 0.3) is 0 Å². The first-order valence-corrected chi connectivity index (χ1v) is 7.46. The monoisotopic (exact) mass is 254 g/mol. The second-order valence-electron chi connectivity index (χ2n) is 5.13. The number of carbonyl (C=O) groups excluding carboxylic acids is 1. The molecule has 0 aliphatic carbocycles. The van der Waals surface area contributed by atoms with Crippen LogP contribution in [0.25, 0.3) is 0 Å². The minimum Gasteiger partial charge on any atom is -0.462 e. The molecule has 0 rings (SSSR count). The van der Waals surface area contributed by atoms with E-state index in [1.807, 2.05) is 20.8 Å². The highest BCUT2D eigenvalue weighted by molar-refractivity contribution is 5.89. The maximum atomic E-state index is 11.8. The quantitative estimate of drug-likeness (QED) is 0.310. The molecular formula is C16H30O2. The molecule has 0 spiro atoms. The topological polar surface area (TPSA) is 26.3 Å². The molecule has 0 aromatic rings. The van der Waals surface area contributed by atoms with Crippen LogP contribution < -0.4 is 0 Å². The third-order valence-corrected chi connectivity index (χ3v) is 3.07. The van der Waals surface area contributed by atoms with Crippen LogP contribution in [0.1, 0.15) is 79.1 Å². The maximum Gasteiger partial charge on any atom is 0.333 e. The van der Waals surface area contributed by atoms with E-state index in [2.05, 4.69) is 6.92 Å². The normalized spacial score (nSPS) is 10.2. The number of carbonyl (C=O) groups is 1. The molecule has 0 saturated heterocycles. The zero-order valence-electron chi connectivity index (χ0n) is 12.7. The van der Waals surface area contributed by atoms with Crippen molar-refractivity contribution >= 4 is 5.97 Å². The molecule has 0 aromatic carbocycles. The second-order valence-corrected chi connectivity index (χ2v) is 5.13. The molecule has 0 aromatic heterocycles. The molecule has 0 aliphatic rings. The SMILES string of the molecule is CCCCCCCCC(C(=O)OCCC)=C(C)C. The zero-order chi connectivity index (χ0) is 13.8. The molecule has 2 heteroatoms. The van der Waals surface area contributed by atoms with Crippen LogP contribution in [0, 0.1) is 0 Å². The van der Waals surface area contributed by atoms with Crippen LogP contribution >= 0.6 is 0 Å². The largest absolute Gasteiger partial charge is 0.462 e. The van der Waals surface area contributed by atoms with Crippen LogP contribution in [0.2, 0.25) is 0 Å². The Bertz CT molecular complexity index is 250. The van der Waals surface area contributed by atoms with Gasteiger partial charge in [-0.2, -0.15) is 0 Å². The maximum absolute atomic E-state index is 11.8. The Labute approximate surface area is 113 Å². The molecule has 0 atom stereocenters. The number of hydrogen-bond acceptors (Lipinski definition) is 2. The van der Waals surface area contributed by atoms with E-state index in [-0.39, 0.29) is 5.97 Å². The van der Waals surface area contributed by atoms with Crippen molar-refractivity contribution in [1.82, 2.24) is 0 Å². The number of rotatable bonds is 10. The van der Waals surface area contributed by atoms with Gasteiger partial charge < -0.3 is 4.74 Å². The fourth-order valence-corrected chi connectivity index (χ4v) is 1.92. The molecule has 0 unspecified atom stereocenters. The number of hydrogen-bond donors (Lipinski definition) is 0. The van der Waals surface area contributed by atoms with Crippen LogP contribution in [0.4, 0.5) is 0 Å². The predicted octanol–water partition coefficient (Wildman–Crippen LogP) is 5.03. The molecule has 0 aliphatic heterocycles. The van der Waals surface area contributed by atoms with Gasteiger partial charge in [0, 0.05) is 5.57 Å². The lowest BCUT2D eigenvalue weighted by molar-refractivity contribution is -0.139. The Morgan fingerprint density at radius 2 is 1.50 bits per heavy atom. The van der Waals surface area contributed by atoms with Crippen LogP contribution in [0.3, 0.4) is 0 Å². The van der Waals surface area contributed by atoms with Gasteiger partial charge >= 0.3 is 5.97 Å². The molecule has 106 valence electrons. The molecule has 0 fully saturated rings. The van der Waals surface area contributed by atoms with Crippen LogP contribution in [0.5, 0.6) is 0 Å². The van der Waals surface area contributed by atoms with Crippen LogP contribution in [0.15, 0.2) is 11.1 Å². The Morgan fingerprint density at radius 3 is 2.06 bits per heavy atom. The zero-order valence-corrected chi connectivity index (χ0v) is 12.7. The van der Waals surface area contributed by atoms with Gasteiger partial charge in [0.1, 0.15) is 0 Å². The summed E-state index contributed by atoms with van der Waals surface area (Å²) in [6, 6.07) is 0. The fraction of sp³-hybridized carbons (Fsp3) is 0.812. The van der Waals surface area contributed by atoms with Crippen LogP contribution in [-0.4, -0.2) is 12.6 Å². The lowest BCUT2D eigenvalue weighted by Gasteiger charge is -2.09. The number of esters is 1. The van der Waals surface area contributed by atoms with Gasteiger partial charge in [-0.15, -0.1) is 0 Å².